The van der Waals surface area contributed by atoms with E-state index in [9.17, 15) is 8.42 Å². The summed E-state index contributed by atoms with van der Waals surface area (Å²) in [5, 5.41) is -0.322. The highest BCUT2D eigenvalue weighted by Gasteiger charge is 2.35. The van der Waals surface area contributed by atoms with E-state index in [1.54, 1.807) is 18.7 Å². The van der Waals surface area contributed by atoms with Gasteiger partial charge in [-0.2, -0.15) is 11.8 Å². The van der Waals surface area contributed by atoms with Gasteiger partial charge < -0.3 is 5.73 Å². The third kappa shape index (κ3) is 4.12. The molecule has 0 aromatic carbocycles. The number of nitrogens with two attached hydrogens (primary N) is 1. The number of hydrogen-bond acceptors (Lipinski definition) is 5. The molecule has 2 N–H and O–H groups in total. The maximum atomic E-state index is 12.1. The fourth-order valence-corrected chi connectivity index (χ4v) is 5.01. The third-order valence-electron chi connectivity index (χ3n) is 3.19. The Kier molecular flexibility index (Phi) is 5.31. The molecule has 0 aromatic rings. The topological polar surface area (TPSA) is 63.4 Å². The Hall–Kier alpha value is 0.220. The normalized spacial score (nSPS) is 23.9. The number of thioether (sulfide) groups is 1. The van der Waals surface area contributed by atoms with Crippen LogP contribution in [0.1, 0.15) is 20.8 Å². The van der Waals surface area contributed by atoms with Gasteiger partial charge in [-0.3, -0.25) is 4.90 Å². The van der Waals surface area contributed by atoms with Crippen LogP contribution in [0.15, 0.2) is 0 Å². The van der Waals surface area contributed by atoms with Gasteiger partial charge in [0.2, 0.25) is 0 Å². The first kappa shape index (κ1) is 15.3. The fourth-order valence-electron chi connectivity index (χ4n) is 1.93. The van der Waals surface area contributed by atoms with Crippen molar-refractivity contribution in [2.45, 2.75) is 26.1 Å². The first-order chi connectivity index (χ1) is 7.82. The van der Waals surface area contributed by atoms with Crippen LogP contribution < -0.4 is 5.73 Å². The molecule has 1 saturated heterocycles. The summed E-state index contributed by atoms with van der Waals surface area (Å²) >= 11 is 1.73. The van der Waals surface area contributed by atoms with Crippen molar-refractivity contribution in [2.75, 3.05) is 36.9 Å². The second kappa shape index (κ2) is 5.91. The van der Waals surface area contributed by atoms with Crippen molar-refractivity contribution in [3.63, 3.8) is 0 Å². The Labute approximate surface area is 109 Å². The molecule has 1 fully saturated rings. The molecule has 6 heteroatoms. The van der Waals surface area contributed by atoms with E-state index in [2.05, 4.69) is 18.7 Å². The van der Waals surface area contributed by atoms with Crippen molar-refractivity contribution >= 4 is 21.6 Å². The van der Waals surface area contributed by atoms with Crippen LogP contribution in [0.4, 0.5) is 0 Å². The van der Waals surface area contributed by atoms with E-state index in [0.717, 1.165) is 18.8 Å². The van der Waals surface area contributed by atoms with Gasteiger partial charge in [0.25, 0.3) is 0 Å². The number of nitrogens with zero attached hydrogens (tertiary/aromatic N) is 1. The van der Waals surface area contributed by atoms with Gasteiger partial charge in [-0.15, -0.1) is 0 Å². The van der Waals surface area contributed by atoms with E-state index < -0.39 is 9.84 Å². The van der Waals surface area contributed by atoms with E-state index in [1.807, 2.05) is 0 Å². The highest BCUT2D eigenvalue weighted by Crippen LogP contribution is 2.25. The maximum Gasteiger partial charge on any atom is 0.166 e. The molecule has 0 radical (unpaired) electrons. The van der Waals surface area contributed by atoms with Crippen LogP contribution >= 0.6 is 11.8 Å². The van der Waals surface area contributed by atoms with Gasteiger partial charge in [0, 0.05) is 30.3 Å². The summed E-state index contributed by atoms with van der Waals surface area (Å²) in [6.07, 6.45) is 0. The molecule has 0 spiro atoms. The van der Waals surface area contributed by atoms with Crippen molar-refractivity contribution in [2.24, 2.45) is 11.1 Å². The Balaban J connectivity index is 2.80. The summed E-state index contributed by atoms with van der Waals surface area (Å²) in [5.74, 6) is 1.92. The minimum Gasteiger partial charge on any atom is -0.330 e. The van der Waals surface area contributed by atoms with Crippen molar-refractivity contribution in [3.05, 3.63) is 0 Å². The van der Waals surface area contributed by atoms with E-state index in [0.29, 0.717) is 12.3 Å². The standard InChI is InChI=1S/C11H24N2O2S2/c1-4-17(14,15)10-7-16-6-5-13(10)9-11(2,3)8-12/h10H,4-9,12H2,1-3H3. The van der Waals surface area contributed by atoms with Crippen LogP contribution in [0.25, 0.3) is 0 Å². The molecule has 1 heterocycles. The van der Waals surface area contributed by atoms with E-state index in [1.165, 1.54) is 0 Å². The summed E-state index contributed by atoms with van der Waals surface area (Å²) in [6.45, 7) is 8.08. The van der Waals surface area contributed by atoms with Crippen LogP contribution in [0, 0.1) is 5.41 Å². The van der Waals surface area contributed by atoms with Crippen molar-refractivity contribution in [3.8, 4) is 0 Å². The lowest BCUT2D eigenvalue weighted by Gasteiger charge is -2.39. The van der Waals surface area contributed by atoms with Crippen LogP contribution in [0.5, 0.6) is 0 Å². The highest BCUT2D eigenvalue weighted by atomic mass is 32.2. The largest absolute Gasteiger partial charge is 0.330 e. The fraction of sp³-hybridized carbons (Fsp3) is 1.00. The van der Waals surface area contributed by atoms with E-state index in [-0.39, 0.29) is 16.5 Å². The average Bonchev–Trinajstić information content (AvgIpc) is 2.29. The van der Waals surface area contributed by atoms with E-state index >= 15 is 0 Å². The first-order valence-corrected chi connectivity index (χ1v) is 8.93. The number of sulfone groups is 1. The summed E-state index contributed by atoms with van der Waals surface area (Å²) in [4.78, 5) is 2.10. The Bertz CT molecular complexity index is 341. The molecular weight excluding hydrogens is 256 g/mol. The van der Waals surface area contributed by atoms with Crippen molar-refractivity contribution < 1.29 is 8.42 Å². The minimum absolute atomic E-state index is 0.0243. The predicted molar refractivity (Wildman–Crippen MR) is 75.0 cm³/mol. The van der Waals surface area contributed by atoms with Crippen LogP contribution in [-0.2, 0) is 9.84 Å². The highest BCUT2D eigenvalue weighted by molar-refractivity contribution is 8.01. The van der Waals surface area contributed by atoms with Gasteiger partial charge in [0.1, 0.15) is 5.37 Å². The maximum absolute atomic E-state index is 12.1. The summed E-state index contributed by atoms with van der Waals surface area (Å²) < 4.78 is 24.1. The molecule has 4 nitrogen and oxygen atoms in total. The monoisotopic (exact) mass is 280 g/mol. The molecule has 0 amide bonds. The third-order valence-corrected chi connectivity index (χ3v) is 6.52. The number of rotatable bonds is 5. The summed E-state index contributed by atoms with van der Waals surface area (Å²) in [7, 11) is -2.99. The first-order valence-electron chi connectivity index (χ1n) is 6.06. The zero-order chi connectivity index (χ0) is 13.1. The molecular formula is C11H24N2O2S2. The molecule has 0 saturated carbocycles. The summed E-state index contributed by atoms with van der Waals surface area (Å²) in [5.41, 5.74) is 5.70. The second-order valence-corrected chi connectivity index (χ2v) is 8.92. The van der Waals surface area contributed by atoms with Gasteiger partial charge in [-0.1, -0.05) is 20.8 Å². The van der Waals surface area contributed by atoms with Gasteiger partial charge in [-0.05, 0) is 12.0 Å². The van der Waals surface area contributed by atoms with Crippen LogP contribution in [-0.4, -0.2) is 55.6 Å². The molecule has 102 valence electrons. The van der Waals surface area contributed by atoms with Gasteiger partial charge in [0.05, 0.1) is 0 Å². The molecule has 0 aliphatic carbocycles. The van der Waals surface area contributed by atoms with Crippen LogP contribution in [0.3, 0.4) is 0 Å². The molecule has 1 rings (SSSR count). The van der Waals surface area contributed by atoms with Gasteiger partial charge in [0.15, 0.2) is 9.84 Å². The van der Waals surface area contributed by atoms with Gasteiger partial charge in [-0.25, -0.2) is 8.42 Å². The summed E-state index contributed by atoms with van der Waals surface area (Å²) in [6, 6.07) is 0. The van der Waals surface area contributed by atoms with Crippen molar-refractivity contribution in [1.82, 2.24) is 4.90 Å². The second-order valence-electron chi connectivity index (χ2n) is 5.32. The molecule has 17 heavy (non-hydrogen) atoms. The smallest absolute Gasteiger partial charge is 0.166 e. The number of hydrogen-bond donors (Lipinski definition) is 1. The molecule has 1 atom stereocenters. The zero-order valence-corrected chi connectivity index (χ0v) is 12.6. The lowest BCUT2D eigenvalue weighted by atomic mass is 9.93. The van der Waals surface area contributed by atoms with E-state index in [4.69, 9.17) is 5.73 Å². The molecule has 1 aliphatic rings. The van der Waals surface area contributed by atoms with Gasteiger partial charge >= 0.3 is 0 Å². The predicted octanol–water partition coefficient (Wildman–Crippen LogP) is 0.781. The molecule has 1 unspecified atom stereocenters. The Morgan fingerprint density at radius 3 is 2.65 bits per heavy atom. The zero-order valence-electron chi connectivity index (χ0n) is 11.0. The molecule has 1 aliphatic heterocycles. The Morgan fingerprint density at radius 2 is 2.12 bits per heavy atom. The molecule has 0 bridgehead atoms. The van der Waals surface area contributed by atoms with Crippen molar-refractivity contribution in [1.29, 1.82) is 0 Å². The Morgan fingerprint density at radius 1 is 1.47 bits per heavy atom. The van der Waals surface area contributed by atoms with Crippen LogP contribution in [0.2, 0.25) is 0 Å². The SMILES string of the molecule is CCS(=O)(=O)C1CSCCN1CC(C)(C)CN. The lowest BCUT2D eigenvalue weighted by Crippen LogP contribution is -2.52. The average molecular weight is 280 g/mol. The quantitative estimate of drug-likeness (QED) is 0.806. The minimum atomic E-state index is -2.99. The lowest BCUT2D eigenvalue weighted by molar-refractivity contribution is 0.179. The molecule has 0 aromatic heterocycles.